The smallest absolute Gasteiger partial charge is 0.339 e. The molecule has 27 heavy (non-hydrogen) atoms. The van der Waals surface area contributed by atoms with Gasteiger partial charge in [-0.05, 0) is 31.0 Å². The summed E-state index contributed by atoms with van der Waals surface area (Å²) >= 11 is 0. The second-order valence-electron chi connectivity index (χ2n) is 6.67. The standard InChI is InChI=1S/C18H21NO7S/c1-10-12-4-3-11(25-2)7-16(12)26-18(22)13(10)5-6-17(21)19-14-8-27(23,24)9-15(14)20/h3-4,7,14-15,20H,5-6,8-9H2,1-2H3,(H,19,21)/t14-,15-/m1/s1. The molecule has 2 heterocycles. The van der Waals surface area contributed by atoms with E-state index in [9.17, 15) is 23.1 Å². The molecule has 2 aromatic rings. The van der Waals surface area contributed by atoms with Crippen molar-refractivity contribution in [3.8, 4) is 5.75 Å². The lowest BCUT2D eigenvalue weighted by molar-refractivity contribution is -0.122. The Bertz CT molecular complexity index is 1040. The molecule has 8 nitrogen and oxygen atoms in total. The first-order valence-corrected chi connectivity index (χ1v) is 10.3. The van der Waals surface area contributed by atoms with Gasteiger partial charge in [0.1, 0.15) is 11.3 Å². The van der Waals surface area contributed by atoms with E-state index in [4.69, 9.17) is 9.15 Å². The molecule has 1 fully saturated rings. The van der Waals surface area contributed by atoms with E-state index in [0.29, 0.717) is 16.9 Å². The van der Waals surface area contributed by atoms with Gasteiger partial charge in [0.15, 0.2) is 9.84 Å². The first-order valence-electron chi connectivity index (χ1n) is 8.48. The molecule has 146 valence electrons. The van der Waals surface area contributed by atoms with Crippen molar-refractivity contribution in [1.82, 2.24) is 5.32 Å². The molecule has 1 saturated heterocycles. The lowest BCUT2D eigenvalue weighted by Gasteiger charge is -2.15. The number of hydrogen-bond acceptors (Lipinski definition) is 7. The Hall–Kier alpha value is -2.39. The van der Waals surface area contributed by atoms with Gasteiger partial charge >= 0.3 is 5.63 Å². The molecule has 0 bridgehead atoms. The highest BCUT2D eigenvalue weighted by Gasteiger charge is 2.37. The number of hydrogen-bond donors (Lipinski definition) is 2. The van der Waals surface area contributed by atoms with Gasteiger partial charge in [-0.15, -0.1) is 0 Å². The fourth-order valence-corrected chi connectivity index (χ4v) is 5.02. The molecule has 0 aliphatic carbocycles. The molecule has 1 aromatic carbocycles. The maximum absolute atomic E-state index is 12.3. The van der Waals surface area contributed by atoms with Crippen LogP contribution in [-0.2, 0) is 21.1 Å². The number of carbonyl (C=O) groups excluding carboxylic acids is 1. The number of benzene rings is 1. The van der Waals surface area contributed by atoms with Gasteiger partial charge in [0, 0.05) is 23.4 Å². The van der Waals surface area contributed by atoms with Crippen molar-refractivity contribution in [1.29, 1.82) is 0 Å². The number of nitrogens with one attached hydrogen (secondary N) is 1. The van der Waals surface area contributed by atoms with Gasteiger partial charge in [0.25, 0.3) is 0 Å². The van der Waals surface area contributed by atoms with Crippen LogP contribution in [0.15, 0.2) is 27.4 Å². The van der Waals surface area contributed by atoms with Crippen LogP contribution in [0.3, 0.4) is 0 Å². The minimum Gasteiger partial charge on any atom is -0.497 e. The maximum atomic E-state index is 12.3. The largest absolute Gasteiger partial charge is 0.497 e. The van der Waals surface area contributed by atoms with E-state index in [0.717, 1.165) is 10.9 Å². The molecule has 3 rings (SSSR count). The molecule has 1 aliphatic heterocycles. The highest BCUT2D eigenvalue weighted by Crippen LogP contribution is 2.24. The summed E-state index contributed by atoms with van der Waals surface area (Å²) in [5, 5.41) is 13.0. The van der Waals surface area contributed by atoms with Crippen molar-refractivity contribution >= 4 is 26.7 Å². The van der Waals surface area contributed by atoms with Crippen molar-refractivity contribution in [3.05, 3.63) is 39.7 Å². The van der Waals surface area contributed by atoms with Crippen molar-refractivity contribution in [3.63, 3.8) is 0 Å². The number of aryl methyl sites for hydroxylation is 1. The summed E-state index contributed by atoms with van der Waals surface area (Å²) < 4.78 is 33.5. The third kappa shape index (κ3) is 4.14. The Morgan fingerprint density at radius 2 is 2.11 bits per heavy atom. The Balaban J connectivity index is 1.73. The first-order chi connectivity index (χ1) is 12.7. The SMILES string of the molecule is COc1ccc2c(C)c(CCC(=O)N[C@@H]3CS(=O)(=O)C[C@H]3O)c(=O)oc2c1. The van der Waals surface area contributed by atoms with Gasteiger partial charge in [-0.25, -0.2) is 13.2 Å². The molecular formula is C18H21NO7S. The van der Waals surface area contributed by atoms with Crippen LogP contribution in [0.5, 0.6) is 5.75 Å². The predicted octanol–water partition coefficient (Wildman–Crippen LogP) is 0.317. The van der Waals surface area contributed by atoms with Crippen LogP contribution in [0.25, 0.3) is 11.0 Å². The summed E-state index contributed by atoms with van der Waals surface area (Å²) in [7, 11) is -1.82. The van der Waals surface area contributed by atoms with Crippen molar-refractivity contribution < 1.29 is 27.5 Å². The highest BCUT2D eigenvalue weighted by molar-refractivity contribution is 7.91. The van der Waals surface area contributed by atoms with E-state index < -0.39 is 33.5 Å². The van der Waals surface area contributed by atoms with Crippen LogP contribution in [0, 0.1) is 6.92 Å². The van der Waals surface area contributed by atoms with Gasteiger partial charge in [-0.1, -0.05) is 0 Å². The summed E-state index contributed by atoms with van der Waals surface area (Å²) in [4.78, 5) is 24.4. The Morgan fingerprint density at radius 1 is 1.37 bits per heavy atom. The van der Waals surface area contributed by atoms with Gasteiger partial charge in [-0.2, -0.15) is 0 Å². The highest BCUT2D eigenvalue weighted by atomic mass is 32.2. The summed E-state index contributed by atoms with van der Waals surface area (Å²) in [6.45, 7) is 1.78. The van der Waals surface area contributed by atoms with Crippen molar-refractivity contribution in [2.45, 2.75) is 31.9 Å². The average molecular weight is 395 g/mol. The van der Waals surface area contributed by atoms with E-state index in [-0.39, 0.29) is 24.3 Å². The van der Waals surface area contributed by atoms with Gasteiger partial charge in [0.2, 0.25) is 5.91 Å². The topological polar surface area (TPSA) is 123 Å². The van der Waals surface area contributed by atoms with Crippen molar-refractivity contribution in [2.75, 3.05) is 18.6 Å². The molecule has 0 spiro atoms. The fourth-order valence-electron chi connectivity index (χ4n) is 3.27. The normalized spacial score (nSPS) is 21.3. The second-order valence-corrected chi connectivity index (χ2v) is 8.83. The van der Waals surface area contributed by atoms with Crippen LogP contribution >= 0.6 is 0 Å². The number of ether oxygens (including phenoxy) is 1. The molecule has 1 aliphatic rings. The second kappa shape index (κ2) is 7.32. The number of fused-ring (bicyclic) bond motifs is 1. The summed E-state index contributed by atoms with van der Waals surface area (Å²) in [6, 6.07) is 4.36. The van der Waals surface area contributed by atoms with Crippen LogP contribution in [0.4, 0.5) is 0 Å². The molecule has 2 atom stereocenters. The maximum Gasteiger partial charge on any atom is 0.339 e. The zero-order chi connectivity index (χ0) is 19.8. The fraction of sp³-hybridized carbons (Fsp3) is 0.444. The minimum absolute atomic E-state index is 0.0173. The summed E-state index contributed by atoms with van der Waals surface area (Å²) in [5.41, 5.74) is 0.997. The number of aliphatic hydroxyl groups is 1. The van der Waals surface area contributed by atoms with Gasteiger partial charge in [0.05, 0.1) is 30.8 Å². The Morgan fingerprint density at radius 3 is 2.74 bits per heavy atom. The average Bonchev–Trinajstić information content (AvgIpc) is 2.85. The molecular weight excluding hydrogens is 374 g/mol. The zero-order valence-electron chi connectivity index (χ0n) is 15.0. The van der Waals surface area contributed by atoms with E-state index >= 15 is 0 Å². The van der Waals surface area contributed by atoms with Gasteiger partial charge in [-0.3, -0.25) is 4.79 Å². The molecule has 1 aromatic heterocycles. The van der Waals surface area contributed by atoms with Crippen LogP contribution < -0.4 is 15.7 Å². The van der Waals surface area contributed by atoms with Crippen molar-refractivity contribution in [2.24, 2.45) is 0 Å². The molecule has 9 heteroatoms. The van der Waals surface area contributed by atoms with E-state index in [1.54, 1.807) is 25.1 Å². The van der Waals surface area contributed by atoms with E-state index in [1.165, 1.54) is 7.11 Å². The summed E-state index contributed by atoms with van der Waals surface area (Å²) in [5.74, 6) is -0.486. The quantitative estimate of drug-likeness (QED) is 0.699. The third-order valence-corrected chi connectivity index (χ3v) is 6.48. The first kappa shape index (κ1) is 19.4. The number of rotatable bonds is 5. The van der Waals surface area contributed by atoms with Crippen LogP contribution in [0.2, 0.25) is 0 Å². The summed E-state index contributed by atoms with van der Waals surface area (Å²) in [6.07, 6.45) is -0.977. The lowest BCUT2D eigenvalue weighted by Crippen LogP contribution is -2.42. The van der Waals surface area contributed by atoms with E-state index in [2.05, 4.69) is 5.32 Å². The predicted molar refractivity (Wildman–Crippen MR) is 98.7 cm³/mol. The molecule has 1 amide bonds. The van der Waals surface area contributed by atoms with Crippen LogP contribution in [-0.4, -0.2) is 50.2 Å². The Labute approximate surface area is 156 Å². The number of carbonyl (C=O) groups is 1. The number of sulfone groups is 1. The number of amides is 1. The van der Waals surface area contributed by atoms with E-state index in [1.807, 2.05) is 0 Å². The van der Waals surface area contributed by atoms with Gasteiger partial charge < -0.3 is 19.6 Å². The monoisotopic (exact) mass is 395 g/mol. The molecule has 0 radical (unpaired) electrons. The van der Waals surface area contributed by atoms with Crippen LogP contribution in [0.1, 0.15) is 17.5 Å². The minimum atomic E-state index is -3.34. The molecule has 0 saturated carbocycles. The Kier molecular flexibility index (Phi) is 5.25. The third-order valence-electron chi connectivity index (χ3n) is 4.77. The lowest BCUT2D eigenvalue weighted by atomic mass is 10.0. The zero-order valence-corrected chi connectivity index (χ0v) is 15.8. The molecule has 0 unspecified atom stereocenters. The molecule has 2 N–H and O–H groups in total. The number of aliphatic hydroxyl groups excluding tert-OH is 1. The number of methoxy groups -OCH3 is 1.